The number of hydrogen-bond acceptors (Lipinski definition) is 0. The minimum Gasteiger partial charge on any atom is -0.0992 e. The van der Waals surface area contributed by atoms with E-state index in [1.165, 1.54) is 92.0 Å². The minimum atomic E-state index is 0.616. The summed E-state index contributed by atoms with van der Waals surface area (Å²) in [5.41, 5.74) is 11.8. The van der Waals surface area contributed by atoms with Crippen LogP contribution in [0.25, 0.3) is 5.57 Å². The van der Waals surface area contributed by atoms with Crippen LogP contribution in [0.5, 0.6) is 0 Å². The van der Waals surface area contributed by atoms with Crippen LogP contribution in [-0.2, 0) is 25.7 Å². The van der Waals surface area contributed by atoms with Crippen molar-refractivity contribution >= 4 is 5.57 Å². The third-order valence-electron chi connectivity index (χ3n) is 8.43. The molecule has 0 bridgehead atoms. The van der Waals surface area contributed by atoms with E-state index in [1.54, 1.807) is 16.7 Å². The van der Waals surface area contributed by atoms with Gasteiger partial charge in [-0.1, -0.05) is 104 Å². The number of fused-ring (bicyclic) bond motifs is 1. The second-order valence-corrected chi connectivity index (χ2v) is 10.9. The summed E-state index contributed by atoms with van der Waals surface area (Å²) in [5, 5.41) is 0. The van der Waals surface area contributed by atoms with Gasteiger partial charge in [-0.2, -0.15) is 0 Å². The van der Waals surface area contributed by atoms with Gasteiger partial charge in [0.1, 0.15) is 0 Å². The van der Waals surface area contributed by atoms with Crippen molar-refractivity contribution in [1.29, 1.82) is 0 Å². The van der Waals surface area contributed by atoms with Gasteiger partial charge in [0.2, 0.25) is 0 Å². The third kappa shape index (κ3) is 5.43. The quantitative estimate of drug-likeness (QED) is 0.363. The van der Waals surface area contributed by atoms with Crippen molar-refractivity contribution in [3.8, 4) is 0 Å². The summed E-state index contributed by atoms with van der Waals surface area (Å²) in [7, 11) is 0. The molecule has 0 aromatic heterocycles. The van der Waals surface area contributed by atoms with Crippen LogP contribution < -0.4 is 0 Å². The minimum absolute atomic E-state index is 0.616. The molecule has 2 aromatic rings. The van der Waals surface area contributed by atoms with Crippen LogP contribution in [0.3, 0.4) is 0 Å². The second-order valence-electron chi connectivity index (χ2n) is 10.9. The Morgan fingerprint density at radius 3 is 2.67 bits per heavy atom. The van der Waals surface area contributed by atoms with Crippen LogP contribution in [0.2, 0.25) is 0 Å². The van der Waals surface area contributed by atoms with E-state index in [0.717, 1.165) is 18.8 Å². The molecule has 0 amide bonds. The summed E-state index contributed by atoms with van der Waals surface area (Å²) in [5.74, 6) is 1.60. The Labute approximate surface area is 201 Å². The summed E-state index contributed by atoms with van der Waals surface area (Å²) in [4.78, 5) is 0. The molecule has 0 heteroatoms. The maximum atomic E-state index is 4.63. The van der Waals surface area contributed by atoms with E-state index < -0.39 is 0 Å². The largest absolute Gasteiger partial charge is 0.0992 e. The second kappa shape index (κ2) is 10.3. The first kappa shape index (κ1) is 22.5. The SMILES string of the molecule is C=C(Cc1ccc(C2=CCC=C2)cc1CCCC1CCCC1)C1CCc2ccc(C)cc2C1. The summed E-state index contributed by atoms with van der Waals surface area (Å²) in [6, 6.07) is 14.3. The summed E-state index contributed by atoms with van der Waals surface area (Å²) in [6.45, 7) is 6.85. The Morgan fingerprint density at radius 1 is 0.970 bits per heavy atom. The van der Waals surface area contributed by atoms with Gasteiger partial charge in [-0.15, -0.1) is 0 Å². The molecule has 1 unspecified atom stereocenters. The van der Waals surface area contributed by atoms with Gasteiger partial charge in [-0.05, 0) is 97.1 Å². The molecule has 3 aliphatic carbocycles. The molecule has 0 saturated heterocycles. The molecule has 0 heterocycles. The van der Waals surface area contributed by atoms with Crippen molar-refractivity contribution in [2.45, 2.75) is 84.0 Å². The lowest BCUT2D eigenvalue weighted by atomic mass is 9.78. The molecule has 0 aliphatic heterocycles. The van der Waals surface area contributed by atoms with Crippen molar-refractivity contribution in [2.24, 2.45) is 11.8 Å². The third-order valence-corrected chi connectivity index (χ3v) is 8.43. The van der Waals surface area contributed by atoms with Gasteiger partial charge in [-0.3, -0.25) is 0 Å². The molecule has 1 saturated carbocycles. The molecule has 0 nitrogen and oxygen atoms in total. The monoisotopic (exact) mass is 436 g/mol. The van der Waals surface area contributed by atoms with Gasteiger partial charge in [0.05, 0.1) is 0 Å². The Balaban J connectivity index is 1.30. The maximum Gasteiger partial charge on any atom is -0.00642 e. The molecular weight excluding hydrogens is 396 g/mol. The van der Waals surface area contributed by atoms with Gasteiger partial charge in [-0.25, -0.2) is 0 Å². The molecular formula is C33H40. The fraction of sp³-hybridized carbons (Fsp3) is 0.455. The van der Waals surface area contributed by atoms with E-state index in [0.29, 0.717) is 5.92 Å². The Hall–Kier alpha value is -2.34. The fourth-order valence-electron chi connectivity index (χ4n) is 6.39. The average Bonchev–Trinajstić information content (AvgIpc) is 3.54. The highest BCUT2D eigenvalue weighted by atomic mass is 14.3. The molecule has 1 atom stereocenters. The lowest BCUT2D eigenvalue weighted by molar-refractivity contribution is 0.483. The predicted molar refractivity (Wildman–Crippen MR) is 143 cm³/mol. The van der Waals surface area contributed by atoms with Crippen molar-refractivity contribution < 1.29 is 0 Å². The molecule has 0 radical (unpaired) electrons. The lowest BCUT2D eigenvalue weighted by Gasteiger charge is -2.27. The highest BCUT2D eigenvalue weighted by Gasteiger charge is 2.22. The van der Waals surface area contributed by atoms with E-state index in [-0.39, 0.29) is 0 Å². The molecule has 33 heavy (non-hydrogen) atoms. The van der Waals surface area contributed by atoms with E-state index in [2.05, 4.69) is 68.1 Å². The standard InChI is InChI=1S/C33H40/c1-24-14-15-28-16-17-29(22-33(28)20-24)25(2)21-31-18-19-32(27-11-5-6-12-27)23-30(31)13-7-10-26-8-3-4-9-26/h5,11-12,14-15,18-20,23,26,29H,2-4,6-10,13,16-17,21-22H2,1H3. The first-order chi connectivity index (χ1) is 16.2. The highest BCUT2D eigenvalue weighted by molar-refractivity contribution is 5.76. The van der Waals surface area contributed by atoms with Gasteiger partial charge in [0, 0.05) is 0 Å². The number of hydrogen-bond donors (Lipinski definition) is 0. The zero-order valence-corrected chi connectivity index (χ0v) is 20.5. The van der Waals surface area contributed by atoms with Crippen molar-refractivity contribution in [3.63, 3.8) is 0 Å². The zero-order valence-electron chi connectivity index (χ0n) is 20.5. The van der Waals surface area contributed by atoms with E-state index in [4.69, 9.17) is 0 Å². The number of benzene rings is 2. The molecule has 3 aliphatic rings. The van der Waals surface area contributed by atoms with E-state index >= 15 is 0 Å². The van der Waals surface area contributed by atoms with Crippen LogP contribution in [0, 0.1) is 18.8 Å². The zero-order chi connectivity index (χ0) is 22.6. The predicted octanol–water partition coefficient (Wildman–Crippen LogP) is 8.76. The summed E-state index contributed by atoms with van der Waals surface area (Å²) < 4.78 is 0. The van der Waals surface area contributed by atoms with Gasteiger partial charge < -0.3 is 0 Å². The average molecular weight is 437 g/mol. The number of aryl methyl sites for hydroxylation is 3. The van der Waals surface area contributed by atoms with Crippen molar-refractivity contribution in [2.75, 3.05) is 0 Å². The lowest BCUT2D eigenvalue weighted by Crippen LogP contribution is -2.17. The molecule has 0 N–H and O–H groups in total. The first-order valence-electron chi connectivity index (χ1n) is 13.4. The summed E-state index contributed by atoms with van der Waals surface area (Å²) in [6.07, 6.45) is 22.5. The normalized spacial score (nSPS) is 20.2. The Kier molecular flexibility index (Phi) is 7.00. The molecule has 1 fully saturated rings. The van der Waals surface area contributed by atoms with E-state index in [1.807, 2.05) is 0 Å². The maximum absolute atomic E-state index is 4.63. The number of rotatable bonds is 8. The van der Waals surface area contributed by atoms with Crippen LogP contribution in [0.15, 0.2) is 66.8 Å². The van der Waals surface area contributed by atoms with E-state index in [9.17, 15) is 0 Å². The van der Waals surface area contributed by atoms with Crippen LogP contribution in [-0.4, -0.2) is 0 Å². The Bertz CT molecular complexity index is 1060. The van der Waals surface area contributed by atoms with Crippen LogP contribution >= 0.6 is 0 Å². The van der Waals surface area contributed by atoms with Crippen molar-refractivity contribution in [1.82, 2.24) is 0 Å². The molecule has 0 spiro atoms. The van der Waals surface area contributed by atoms with Gasteiger partial charge in [0.15, 0.2) is 0 Å². The molecule has 5 rings (SSSR count). The highest BCUT2D eigenvalue weighted by Crippen LogP contribution is 2.34. The smallest absolute Gasteiger partial charge is 0.00642 e. The molecule has 172 valence electrons. The van der Waals surface area contributed by atoms with Gasteiger partial charge in [0.25, 0.3) is 0 Å². The topological polar surface area (TPSA) is 0 Å². The molecule has 2 aromatic carbocycles. The van der Waals surface area contributed by atoms with Crippen LogP contribution in [0.4, 0.5) is 0 Å². The van der Waals surface area contributed by atoms with Crippen molar-refractivity contribution in [3.05, 3.63) is 100 Å². The fourth-order valence-corrected chi connectivity index (χ4v) is 6.39. The van der Waals surface area contributed by atoms with Gasteiger partial charge >= 0.3 is 0 Å². The van der Waals surface area contributed by atoms with Crippen LogP contribution in [0.1, 0.15) is 84.7 Å². The number of allylic oxidation sites excluding steroid dienone is 5. The first-order valence-corrected chi connectivity index (χ1v) is 13.4. The summed E-state index contributed by atoms with van der Waals surface area (Å²) >= 11 is 0. The Morgan fingerprint density at radius 2 is 1.85 bits per heavy atom.